The highest BCUT2D eigenvalue weighted by Crippen LogP contribution is 2.24. The predicted molar refractivity (Wildman–Crippen MR) is 79.4 cm³/mol. The van der Waals surface area contributed by atoms with Crippen molar-refractivity contribution in [2.75, 3.05) is 7.05 Å². The Hall–Kier alpha value is -1.54. The average Bonchev–Trinajstić information content (AvgIpc) is 2.85. The van der Waals surface area contributed by atoms with Crippen LogP contribution in [-0.2, 0) is 6.42 Å². The van der Waals surface area contributed by atoms with Crippen LogP contribution in [0.25, 0.3) is 0 Å². The van der Waals surface area contributed by atoms with Crippen LogP contribution < -0.4 is 5.32 Å². The first-order chi connectivity index (χ1) is 9.24. The van der Waals surface area contributed by atoms with Gasteiger partial charge in [-0.15, -0.1) is 0 Å². The second-order valence-electron chi connectivity index (χ2n) is 5.02. The van der Waals surface area contributed by atoms with Gasteiger partial charge >= 0.3 is 0 Å². The van der Waals surface area contributed by atoms with Crippen molar-refractivity contribution in [3.8, 4) is 0 Å². The molecule has 2 rings (SSSR count). The van der Waals surface area contributed by atoms with Crippen LogP contribution in [0.4, 0.5) is 0 Å². The van der Waals surface area contributed by atoms with E-state index >= 15 is 0 Å². The van der Waals surface area contributed by atoms with E-state index in [4.69, 9.17) is 4.42 Å². The first-order valence-electron chi connectivity index (χ1n) is 7.07. The molecular formula is C17H23NO. The summed E-state index contributed by atoms with van der Waals surface area (Å²) in [6.07, 6.45) is 3.67. The molecule has 0 saturated heterocycles. The van der Waals surface area contributed by atoms with Crippen LogP contribution in [0.15, 0.2) is 40.8 Å². The summed E-state index contributed by atoms with van der Waals surface area (Å²) in [7, 11) is 1.97. The molecule has 2 nitrogen and oxygen atoms in total. The number of nitrogens with one attached hydrogen (secondary N) is 1. The van der Waals surface area contributed by atoms with Crippen molar-refractivity contribution in [3.05, 3.63) is 59.0 Å². The molecule has 1 N–H and O–H groups in total. The summed E-state index contributed by atoms with van der Waals surface area (Å²) in [5.74, 6) is 1.93. The van der Waals surface area contributed by atoms with E-state index in [0.717, 1.165) is 11.5 Å². The third kappa shape index (κ3) is 3.48. The fourth-order valence-corrected chi connectivity index (χ4v) is 2.34. The van der Waals surface area contributed by atoms with Crippen molar-refractivity contribution < 1.29 is 4.42 Å². The van der Waals surface area contributed by atoms with E-state index in [0.29, 0.717) is 0 Å². The lowest BCUT2D eigenvalue weighted by Gasteiger charge is -2.14. The molecule has 2 aromatic rings. The minimum absolute atomic E-state index is 0.133. The fraction of sp³-hybridized carbons (Fsp3) is 0.412. The number of furan rings is 1. The fourth-order valence-electron chi connectivity index (χ4n) is 2.34. The molecule has 0 aliphatic rings. The van der Waals surface area contributed by atoms with E-state index in [1.807, 2.05) is 26.1 Å². The number of aryl methyl sites for hydroxylation is 2. The number of benzene rings is 1. The number of unbranched alkanes of at least 4 members (excludes halogenated alkanes) is 1. The van der Waals surface area contributed by atoms with Gasteiger partial charge in [0, 0.05) is 0 Å². The Bertz CT molecular complexity index is 498. The number of hydrogen-bond acceptors (Lipinski definition) is 2. The van der Waals surface area contributed by atoms with E-state index in [-0.39, 0.29) is 6.04 Å². The molecule has 1 unspecified atom stereocenters. The van der Waals surface area contributed by atoms with Crippen LogP contribution in [-0.4, -0.2) is 7.05 Å². The largest absolute Gasteiger partial charge is 0.464 e. The van der Waals surface area contributed by atoms with E-state index in [9.17, 15) is 0 Å². The van der Waals surface area contributed by atoms with E-state index in [2.05, 4.69) is 36.5 Å². The lowest BCUT2D eigenvalue weighted by atomic mass is 10.0. The molecule has 0 aliphatic heterocycles. The molecule has 0 spiro atoms. The van der Waals surface area contributed by atoms with Crippen molar-refractivity contribution in [3.63, 3.8) is 0 Å². The van der Waals surface area contributed by atoms with Gasteiger partial charge in [-0.3, -0.25) is 0 Å². The van der Waals surface area contributed by atoms with Crippen LogP contribution in [0.1, 0.15) is 48.5 Å². The topological polar surface area (TPSA) is 25.2 Å². The van der Waals surface area contributed by atoms with Gasteiger partial charge in [0.25, 0.3) is 0 Å². The SMILES string of the molecule is CCCCc1ccc(C(NC)c2ccc(C)o2)cc1. The molecule has 1 aromatic heterocycles. The van der Waals surface area contributed by atoms with Crippen molar-refractivity contribution >= 4 is 0 Å². The number of hydrogen-bond donors (Lipinski definition) is 1. The monoisotopic (exact) mass is 257 g/mol. The molecule has 0 radical (unpaired) electrons. The highest BCUT2D eigenvalue weighted by Gasteiger charge is 2.15. The average molecular weight is 257 g/mol. The van der Waals surface area contributed by atoms with E-state index in [1.54, 1.807) is 0 Å². The first kappa shape index (κ1) is 13.9. The smallest absolute Gasteiger partial charge is 0.125 e. The van der Waals surface area contributed by atoms with Gasteiger partial charge in [-0.2, -0.15) is 0 Å². The van der Waals surface area contributed by atoms with Crippen LogP contribution >= 0.6 is 0 Å². The Balaban J connectivity index is 2.15. The summed E-state index contributed by atoms with van der Waals surface area (Å²) >= 11 is 0. The predicted octanol–water partition coefficient (Wildman–Crippen LogP) is 4.24. The van der Waals surface area contributed by atoms with Crippen molar-refractivity contribution in [1.29, 1.82) is 0 Å². The molecule has 102 valence electrons. The molecular weight excluding hydrogens is 234 g/mol. The minimum Gasteiger partial charge on any atom is -0.464 e. The summed E-state index contributed by atoms with van der Waals surface area (Å²) in [6, 6.07) is 13.0. The second-order valence-corrected chi connectivity index (χ2v) is 5.02. The Morgan fingerprint density at radius 2 is 1.84 bits per heavy atom. The maximum Gasteiger partial charge on any atom is 0.125 e. The molecule has 1 atom stereocenters. The molecule has 2 heteroatoms. The van der Waals surface area contributed by atoms with E-state index < -0.39 is 0 Å². The molecule has 0 fully saturated rings. The van der Waals surface area contributed by atoms with Crippen LogP contribution in [0.3, 0.4) is 0 Å². The summed E-state index contributed by atoms with van der Waals surface area (Å²) in [6.45, 7) is 4.20. The zero-order valence-electron chi connectivity index (χ0n) is 12.1. The maximum absolute atomic E-state index is 5.72. The number of rotatable bonds is 6. The van der Waals surface area contributed by atoms with Crippen molar-refractivity contribution in [2.24, 2.45) is 0 Å². The van der Waals surface area contributed by atoms with Gasteiger partial charge in [0.15, 0.2) is 0 Å². The van der Waals surface area contributed by atoms with Gasteiger partial charge in [-0.25, -0.2) is 0 Å². The molecule has 19 heavy (non-hydrogen) atoms. The second kappa shape index (κ2) is 6.58. The third-order valence-corrected chi connectivity index (χ3v) is 3.47. The first-order valence-corrected chi connectivity index (χ1v) is 7.07. The normalized spacial score (nSPS) is 12.6. The summed E-state index contributed by atoms with van der Waals surface area (Å²) < 4.78 is 5.72. The molecule has 0 bridgehead atoms. The molecule has 1 heterocycles. The molecule has 0 saturated carbocycles. The zero-order valence-corrected chi connectivity index (χ0v) is 12.1. The maximum atomic E-state index is 5.72. The highest BCUT2D eigenvalue weighted by molar-refractivity contribution is 5.30. The Labute approximate surface area is 115 Å². The van der Waals surface area contributed by atoms with Crippen molar-refractivity contribution in [1.82, 2.24) is 5.32 Å². The minimum atomic E-state index is 0.133. The standard InChI is InChI=1S/C17H23NO/c1-4-5-6-14-8-10-15(11-9-14)17(18-3)16-12-7-13(2)19-16/h7-12,17-18H,4-6H2,1-3H3. The molecule has 1 aromatic carbocycles. The van der Waals surface area contributed by atoms with Crippen LogP contribution in [0.5, 0.6) is 0 Å². The van der Waals surface area contributed by atoms with E-state index in [1.165, 1.54) is 30.4 Å². The quantitative estimate of drug-likeness (QED) is 0.837. The van der Waals surface area contributed by atoms with Gasteiger partial charge in [0.2, 0.25) is 0 Å². The third-order valence-electron chi connectivity index (χ3n) is 3.47. The molecule has 0 amide bonds. The Morgan fingerprint density at radius 3 is 2.37 bits per heavy atom. The summed E-state index contributed by atoms with van der Waals surface area (Å²) in [5, 5.41) is 3.32. The van der Waals surface area contributed by atoms with Gasteiger partial charge in [0.1, 0.15) is 11.5 Å². The van der Waals surface area contributed by atoms with Gasteiger partial charge in [0.05, 0.1) is 6.04 Å². The lowest BCUT2D eigenvalue weighted by Crippen LogP contribution is -2.16. The Kier molecular flexibility index (Phi) is 4.80. The van der Waals surface area contributed by atoms with Crippen LogP contribution in [0, 0.1) is 6.92 Å². The summed E-state index contributed by atoms with van der Waals surface area (Å²) in [4.78, 5) is 0. The van der Waals surface area contributed by atoms with Gasteiger partial charge < -0.3 is 9.73 Å². The zero-order chi connectivity index (χ0) is 13.7. The Morgan fingerprint density at radius 1 is 1.11 bits per heavy atom. The van der Waals surface area contributed by atoms with Crippen LogP contribution in [0.2, 0.25) is 0 Å². The summed E-state index contributed by atoms with van der Waals surface area (Å²) in [5.41, 5.74) is 2.66. The molecule has 0 aliphatic carbocycles. The van der Waals surface area contributed by atoms with Gasteiger partial charge in [-0.1, -0.05) is 37.6 Å². The highest BCUT2D eigenvalue weighted by atomic mass is 16.3. The van der Waals surface area contributed by atoms with Crippen molar-refractivity contribution in [2.45, 2.75) is 39.2 Å². The van der Waals surface area contributed by atoms with Gasteiger partial charge in [-0.05, 0) is 50.1 Å². The lowest BCUT2D eigenvalue weighted by molar-refractivity contribution is 0.444.